The predicted octanol–water partition coefficient (Wildman–Crippen LogP) is 2.00. The van der Waals surface area contributed by atoms with E-state index in [1.807, 2.05) is 0 Å². The summed E-state index contributed by atoms with van der Waals surface area (Å²) >= 11 is 0. The highest BCUT2D eigenvalue weighted by Crippen LogP contribution is 2.38. The molecule has 0 bridgehead atoms. The molecule has 2 unspecified atom stereocenters. The number of hydrogen-bond acceptors (Lipinski definition) is 3. The number of ether oxygens (including phenoxy) is 2. The van der Waals surface area contributed by atoms with E-state index >= 15 is 0 Å². The zero-order chi connectivity index (χ0) is 10.7. The van der Waals surface area contributed by atoms with Gasteiger partial charge in [-0.05, 0) is 31.3 Å². The standard InChI is InChI=1S/C12H20O3/c1-14-11-6-2-3-7-12(11,13)10-5-4-8-15-9-10/h9,11,13H,2-8H2,1H3. The molecule has 0 amide bonds. The van der Waals surface area contributed by atoms with Gasteiger partial charge in [-0.1, -0.05) is 12.8 Å². The van der Waals surface area contributed by atoms with Crippen molar-refractivity contribution in [2.24, 2.45) is 0 Å². The molecule has 1 aliphatic carbocycles. The average Bonchev–Trinajstić information content (AvgIpc) is 2.31. The third-order valence-electron chi connectivity index (χ3n) is 3.58. The molecule has 2 atom stereocenters. The first kappa shape index (κ1) is 11.0. The monoisotopic (exact) mass is 212 g/mol. The first-order valence-electron chi connectivity index (χ1n) is 5.83. The molecule has 86 valence electrons. The third kappa shape index (κ3) is 2.04. The normalized spacial score (nSPS) is 36.9. The molecule has 0 aromatic carbocycles. The molecule has 1 N–H and O–H groups in total. The van der Waals surface area contributed by atoms with E-state index in [1.165, 1.54) is 0 Å². The van der Waals surface area contributed by atoms with Gasteiger partial charge >= 0.3 is 0 Å². The quantitative estimate of drug-likeness (QED) is 0.761. The van der Waals surface area contributed by atoms with Crippen molar-refractivity contribution in [3.05, 3.63) is 11.8 Å². The van der Waals surface area contributed by atoms with Gasteiger partial charge in [0.05, 0.1) is 19.0 Å². The Hall–Kier alpha value is -0.540. The highest BCUT2D eigenvalue weighted by atomic mass is 16.5. The van der Waals surface area contributed by atoms with Crippen LogP contribution >= 0.6 is 0 Å². The van der Waals surface area contributed by atoms with Crippen LogP contribution in [0.2, 0.25) is 0 Å². The third-order valence-corrected chi connectivity index (χ3v) is 3.58. The summed E-state index contributed by atoms with van der Waals surface area (Å²) in [5.41, 5.74) is 0.258. The zero-order valence-electron chi connectivity index (χ0n) is 9.37. The minimum atomic E-state index is -0.770. The Balaban J connectivity index is 2.17. The van der Waals surface area contributed by atoms with Crippen LogP contribution in [0.3, 0.4) is 0 Å². The van der Waals surface area contributed by atoms with Crippen LogP contribution in [0.25, 0.3) is 0 Å². The molecule has 3 nitrogen and oxygen atoms in total. The van der Waals surface area contributed by atoms with Gasteiger partial charge in [-0.3, -0.25) is 0 Å². The molecule has 0 aromatic rings. The number of rotatable bonds is 2. The fourth-order valence-corrected chi connectivity index (χ4v) is 2.69. The van der Waals surface area contributed by atoms with Gasteiger partial charge in [0.25, 0.3) is 0 Å². The van der Waals surface area contributed by atoms with E-state index in [4.69, 9.17) is 9.47 Å². The second-order valence-corrected chi connectivity index (χ2v) is 4.51. The lowest BCUT2D eigenvalue weighted by Crippen LogP contribution is -2.48. The molecule has 0 aromatic heterocycles. The van der Waals surface area contributed by atoms with E-state index in [0.717, 1.165) is 50.7 Å². The van der Waals surface area contributed by atoms with Gasteiger partial charge in [0, 0.05) is 7.11 Å². The minimum absolute atomic E-state index is 0.0563. The summed E-state index contributed by atoms with van der Waals surface area (Å²) in [4.78, 5) is 0. The molecule has 15 heavy (non-hydrogen) atoms. The first-order chi connectivity index (χ1) is 7.27. The largest absolute Gasteiger partial charge is 0.501 e. The maximum absolute atomic E-state index is 10.7. The topological polar surface area (TPSA) is 38.7 Å². The predicted molar refractivity (Wildman–Crippen MR) is 57.5 cm³/mol. The summed E-state index contributed by atoms with van der Waals surface area (Å²) in [6.45, 7) is 0.775. The molecule has 2 rings (SSSR count). The van der Waals surface area contributed by atoms with Crippen LogP contribution in [-0.2, 0) is 9.47 Å². The van der Waals surface area contributed by atoms with Crippen LogP contribution < -0.4 is 0 Å². The van der Waals surface area contributed by atoms with Crippen LogP contribution in [-0.4, -0.2) is 30.5 Å². The Labute approximate surface area is 91.1 Å². The highest BCUT2D eigenvalue weighted by Gasteiger charge is 2.42. The summed E-state index contributed by atoms with van der Waals surface area (Å²) < 4.78 is 10.7. The van der Waals surface area contributed by atoms with Crippen molar-refractivity contribution in [1.82, 2.24) is 0 Å². The summed E-state index contributed by atoms with van der Waals surface area (Å²) in [6.07, 6.45) is 7.62. The van der Waals surface area contributed by atoms with Gasteiger partial charge in [-0.15, -0.1) is 0 Å². The van der Waals surface area contributed by atoms with Crippen molar-refractivity contribution in [3.63, 3.8) is 0 Å². The molecule has 1 heterocycles. The van der Waals surface area contributed by atoms with Crippen LogP contribution in [0.5, 0.6) is 0 Å². The number of aliphatic hydroxyl groups is 1. The lowest BCUT2D eigenvalue weighted by Gasteiger charge is -2.41. The van der Waals surface area contributed by atoms with Gasteiger partial charge < -0.3 is 14.6 Å². The molecule has 0 spiro atoms. The smallest absolute Gasteiger partial charge is 0.115 e. The Morgan fingerprint density at radius 3 is 3.00 bits per heavy atom. The number of hydrogen-bond donors (Lipinski definition) is 1. The minimum Gasteiger partial charge on any atom is -0.501 e. The lowest BCUT2D eigenvalue weighted by atomic mass is 9.75. The Bertz CT molecular complexity index is 249. The molecular weight excluding hydrogens is 192 g/mol. The van der Waals surface area contributed by atoms with Crippen molar-refractivity contribution >= 4 is 0 Å². The van der Waals surface area contributed by atoms with Crippen LogP contribution in [0.4, 0.5) is 0 Å². The molecule has 2 aliphatic rings. The Kier molecular flexibility index (Phi) is 3.32. The highest BCUT2D eigenvalue weighted by molar-refractivity contribution is 5.20. The number of methoxy groups -OCH3 is 1. The fourth-order valence-electron chi connectivity index (χ4n) is 2.69. The van der Waals surface area contributed by atoms with E-state index in [1.54, 1.807) is 13.4 Å². The van der Waals surface area contributed by atoms with Crippen molar-refractivity contribution < 1.29 is 14.6 Å². The van der Waals surface area contributed by atoms with Crippen LogP contribution in [0.1, 0.15) is 38.5 Å². The van der Waals surface area contributed by atoms with Crippen molar-refractivity contribution in [1.29, 1.82) is 0 Å². The molecule has 0 saturated heterocycles. The Morgan fingerprint density at radius 1 is 1.47 bits per heavy atom. The molecule has 1 aliphatic heterocycles. The summed E-state index contributed by atoms with van der Waals surface area (Å²) in [5, 5.41) is 10.7. The first-order valence-corrected chi connectivity index (χ1v) is 5.83. The van der Waals surface area contributed by atoms with E-state index in [-0.39, 0.29) is 6.10 Å². The van der Waals surface area contributed by atoms with Crippen molar-refractivity contribution in [2.75, 3.05) is 13.7 Å². The lowest BCUT2D eigenvalue weighted by molar-refractivity contribution is -0.0974. The molecule has 1 saturated carbocycles. The van der Waals surface area contributed by atoms with E-state index < -0.39 is 5.60 Å². The van der Waals surface area contributed by atoms with Gasteiger partial charge in [0.2, 0.25) is 0 Å². The van der Waals surface area contributed by atoms with Gasteiger partial charge in [0.15, 0.2) is 0 Å². The molecule has 1 fully saturated rings. The van der Waals surface area contributed by atoms with Crippen LogP contribution in [0.15, 0.2) is 11.8 Å². The van der Waals surface area contributed by atoms with Gasteiger partial charge in [-0.25, -0.2) is 0 Å². The van der Waals surface area contributed by atoms with E-state index in [9.17, 15) is 5.11 Å². The van der Waals surface area contributed by atoms with Gasteiger partial charge in [-0.2, -0.15) is 0 Å². The van der Waals surface area contributed by atoms with Crippen molar-refractivity contribution in [2.45, 2.75) is 50.2 Å². The Morgan fingerprint density at radius 2 is 2.33 bits per heavy atom. The summed E-state index contributed by atoms with van der Waals surface area (Å²) in [7, 11) is 1.69. The summed E-state index contributed by atoms with van der Waals surface area (Å²) in [6, 6.07) is 0. The SMILES string of the molecule is COC1CCCCC1(O)C1=COCCC1. The van der Waals surface area contributed by atoms with Crippen molar-refractivity contribution in [3.8, 4) is 0 Å². The van der Waals surface area contributed by atoms with E-state index in [2.05, 4.69) is 0 Å². The maximum atomic E-state index is 10.7. The van der Waals surface area contributed by atoms with Gasteiger partial charge in [0.1, 0.15) is 5.60 Å². The molecular formula is C12H20O3. The fraction of sp³-hybridized carbons (Fsp3) is 0.833. The molecule has 3 heteroatoms. The second-order valence-electron chi connectivity index (χ2n) is 4.51. The zero-order valence-corrected chi connectivity index (χ0v) is 9.37. The maximum Gasteiger partial charge on any atom is 0.115 e. The van der Waals surface area contributed by atoms with E-state index in [0.29, 0.717) is 0 Å². The summed E-state index contributed by atoms with van der Waals surface area (Å²) in [5.74, 6) is 0. The average molecular weight is 212 g/mol. The van der Waals surface area contributed by atoms with Crippen LogP contribution in [0, 0.1) is 0 Å². The second kappa shape index (κ2) is 4.54. The molecule has 0 radical (unpaired) electrons.